The van der Waals surface area contributed by atoms with E-state index in [0.29, 0.717) is 25.5 Å². The quantitative estimate of drug-likeness (QED) is 0.588. The lowest BCUT2D eigenvalue weighted by Crippen LogP contribution is -2.48. The Morgan fingerprint density at radius 1 is 1.23 bits per heavy atom. The van der Waals surface area contributed by atoms with Crippen molar-refractivity contribution in [2.24, 2.45) is 0 Å². The van der Waals surface area contributed by atoms with Gasteiger partial charge in [-0.3, -0.25) is 0 Å². The van der Waals surface area contributed by atoms with Crippen LogP contribution in [0.4, 0.5) is 4.79 Å². The number of nitrogens with one attached hydrogen (secondary N) is 2. The van der Waals surface area contributed by atoms with E-state index in [2.05, 4.69) is 31.1 Å². The number of fused-ring (bicyclic) bond motifs is 1. The lowest BCUT2D eigenvalue weighted by atomic mass is 10.1. The molecule has 31 heavy (non-hydrogen) atoms. The lowest BCUT2D eigenvalue weighted by molar-refractivity contribution is 0.0613. The number of benzene rings is 1. The highest BCUT2D eigenvalue weighted by Gasteiger charge is 2.50. The Balaban J connectivity index is 1.27. The van der Waals surface area contributed by atoms with Crippen LogP contribution in [-0.2, 0) is 9.47 Å². The molecular formula is C19H22N8O4. The van der Waals surface area contributed by atoms with Crippen molar-refractivity contribution in [3.8, 4) is 17.4 Å². The first-order chi connectivity index (χ1) is 15.2. The standard InChI is InChI=1S/C19H22N8O4/c1-2-21-18(28)22-14-9-29-17-15(10-30-16(14)17)27-19(23-24-25-27)31-13-5-3-12(4-6-13)26-8-7-20-11-26/h3-8,11,14-17H,2,9-10H2,1H3,(H2,21,22,28)/t14-,15-,16+,17+/m0/s1. The summed E-state index contributed by atoms with van der Waals surface area (Å²) in [6.07, 6.45) is 4.74. The fourth-order valence-electron chi connectivity index (χ4n) is 3.86. The first-order valence-corrected chi connectivity index (χ1v) is 10.0. The number of carbonyl (C=O) groups is 1. The Labute approximate surface area is 177 Å². The van der Waals surface area contributed by atoms with Gasteiger partial charge in [-0.05, 0) is 41.6 Å². The second-order valence-corrected chi connectivity index (χ2v) is 7.25. The maximum absolute atomic E-state index is 11.9. The summed E-state index contributed by atoms with van der Waals surface area (Å²) >= 11 is 0. The summed E-state index contributed by atoms with van der Waals surface area (Å²) in [5.74, 6) is 0.596. The van der Waals surface area contributed by atoms with E-state index in [9.17, 15) is 4.79 Å². The average molecular weight is 426 g/mol. The molecule has 2 fully saturated rings. The molecule has 0 bridgehead atoms. The Kier molecular flexibility index (Phi) is 5.22. The summed E-state index contributed by atoms with van der Waals surface area (Å²) in [5.41, 5.74) is 0.960. The molecule has 5 rings (SSSR count). The normalized spacial score (nSPS) is 24.7. The van der Waals surface area contributed by atoms with Gasteiger partial charge in [0.2, 0.25) is 0 Å². The number of rotatable bonds is 6. The van der Waals surface area contributed by atoms with E-state index in [1.807, 2.05) is 42.0 Å². The highest BCUT2D eigenvalue weighted by molar-refractivity contribution is 5.74. The van der Waals surface area contributed by atoms with E-state index in [-0.39, 0.29) is 36.3 Å². The van der Waals surface area contributed by atoms with Crippen molar-refractivity contribution in [1.82, 2.24) is 40.4 Å². The summed E-state index contributed by atoms with van der Waals surface area (Å²) in [4.78, 5) is 15.9. The van der Waals surface area contributed by atoms with Crippen molar-refractivity contribution in [1.29, 1.82) is 0 Å². The van der Waals surface area contributed by atoms with Crippen molar-refractivity contribution in [3.63, 3.8) is 0 Å². The predicted molar refractivity (Wildman–Crippen MR) is 106 cm³/mol. The van der Waals surface area contributed by atoms with Crippen LogP contribution in [0, 0.1) is 0 Å². The summed E-state index contributed by atoms with van der Waals surface area (Å²) in [5, 5.41) is 17.5. The van der Waals surface area contributed by atoms with Gasteiger partial charge in [-0.1, -0.05) is 5.10 Å². The van der Waals surface area contributed by atoms with Crippen LogP contribution in [0.15, 0.2) is 43.0 Å². The molecule has 2 aromatic heterocycles. The van der Waals surface area contributed by atoms with Crippen LogP contribution in [0.25, 0.3) is 5.69 Å². The van der Waals surface area contributed by atoms with Crippen LogP contribution in [-0.4, -0.2) is 73.8 Å². The fraction of sp³-hybridized carbons (Fsp3) is 0.421. The Morgan fingerprint density at radius 2 is 2.06 bits per heavy atom. The van der Waals surface area contributed by atoms with Gasteiger partial charge in [0.25, 0.3) is 0 Å². The van der Waals surface area contributed by atoms with E-state index in [1.165, 1.54) is 0 Å². The molecule has 0 aliphatic carbocycles. The Morgan fingerprint density at radius 3 is 2.84 bits per heavy atom. The molecule has 2 aliphatic heterocycles. The molecule has 0 spiro atoms. The molecule has 2 aliphatic rings. The van der Waals surface area contributed by atoms with Crippen LogP contribution < -0.4 is 15.4 Å². The SMILES string of the molecule is CCNC(=O)N[C@H]1CO[C@H]2[C@@H]1OC[C@@H]2n1nnnc1Oc1ccc(-n2ccnc2)cc1. The zero-order chi connectivity index (χ0) is 21.2. The van der Waals surface area contributed by atoms with E-state index < -0.39 is 0 Å². The second kappa shape index (κ2) is 8.32. The molecule has 12 nitrogen and oxygen atoms in total. The minimum atomic E-state index is -0.290. The number of imidazole rings is 1. The largest absolute Gasteiger partial charge is 0.423 e. The first kappa shape index (κ1) is 19.5. The van der Waals surface area contributed by atoms with Gasteiger partial charge in [0.15, 0.2) is 0 Å². The van der Waals surface area contributed by atoms with Gasteiger partial charge in [-0.25, -0.2) is 9.78 Å². The number of carbonyl (C=O) groups excluding carboxylic acids is 1. The zero-order valence-electron chi connectivity index (χ0n) is 16.8. The van der Waals surface area contributed by atoms with Gasteiger partial charge < -0.3 is 29.4 Å². The van der Waals surface area contributed by atoms with Crippen LogP contribution in [0.2, 0.25) is 0 Å². The molecule has 2 N–H and O–H groups in total. The number of tetrazole rings is 1. The Hall–Kier alpha value is -3.51. The van der Waals surface area contributed by atoms with Crippen molar-refractivity contribution >= 4 is 6.03 Å². The third-order valence-electron chi connectivity index (χ3n) is 5.31. The molecule has 0 unspecified atom stereocenters. The summed E-state index contributed by atoms with van der Waals surface area (Å²) in [6.45, 7) is 3.12. The minimum absolute atomic E-state index is 0.238. The van der Waals surface area contributed by atoms with E-state index >= 15 is 0 Å². The lowest BCUT2D eigenvalue weighted by Gasteiger charge is -2.18. The molecule has 2 saturated heterocycles. The van der Waals surface area contributed by atoms with Crippen molar-refractivity contribution < 1.29 is 19.0 Å². The summed E-state index contributed by atoms with van der Waals surface area (Å²) in [7, 11) is 0. The molecule has 12 heteroatoms. The van der Waals surface area contributed by atoms with Crippen molar-refractivity contribution in [2.75, 3.05) is 19.8 Å². The molecule has 0 radical (unpaired) electrons. The summed E-state index contributed by atoms with van der Waals surface area (Å²) in [6, 6.07) is 7.00. The van der Waals surface area contributed by atoms with Gasteiger partial charge >= 0.3 is 12.0 Å². The van der Waals surface area contributed by atoms with Crippen molar-refractivity contribution in [3.05, 3.63) is 43.0 Å². The third kappa shape index (κ3) is 3.82. The van der Waals surface area contributed by atoms with Gasteiger partial charge in [0.05, 0.1) is 25.6 Å². The monoisotopic (exact) mass is 426 g/mol. The number of ether oxygens (including phenoxy) is 3. The molecule has 0 saturated carbocycles. The average Bonchev–Trinajstić information content (AvgIpc) is 3.55. The second-order valence-electron chi connectivity index (χ2n) is 7.25. The zero-order valence-corrected chi connectivity index (χ0v) is 16.8. The molecule has 2 amide bonds. The highest BCUT2D eigenvalue weighted by atomic mass is 16.6. The molecule has 3 aromatic rings. The van der Waals surface area contributed by atoms with E-state index in [0.717, 1.165) is 5.69 Å². The van der Waals surface area contributed by atoms with Gasteiger partial charge in [0.1, 0.15) is 24.0 Å². The van der Waals surface area contributed by atoms with E-state index in [1.54, 1.807) is 17.2 Å². The number of urea groups is 1. The van der Waals surface area contributed by atoms with Gasteiger partial charge in [0, 0.05) is 24.6 Å². The first-order valence-electron chi connectivity index (χ1n) is 10.0. The maximum atomic E-state index is 11.9. The Bertz CT molecular complexity index is 1020. The number of hydrogen-bond donors (Lipinski definition) is 2. The topological polar surface area (TPSA) is 130 Å². The number of hydrogen-bond acceptors (Lipinski definition) is 8. The molecule has 162 valence electrons. The van der Waals surface area contributed by atoms with Crippen LogP contribution in [0.5, 0.6) is 11.8 Å². The van der Waals surface area contributed by atoms with Crippen LogP contribution in [0.3, 0.4) is 0 Å². The number of amides is 2. The van der Waals surface area contributed by atoms with Crippen LogP contribution >= 0.6 is 0 Å². The molecule has 4 heterocycles. The molecule has 1 aromatic carbocycles. The van der Waals surface area contributed by atoms with Crippen molar-refractivity contribution in [2.45, 2.75) is 31.2 Å². The fourth-order valence-corrected chi connectivity index (χ4v) is 3.86. The van der Waals surface area contributed by atoms with Gasteiger partial charge in [-0.2, -0.15) is 4.68 Å². The van der Waals surface area contributed by atoms with Gasteiger partial charge in [-0.15, -0.1) is 0 Å². The molecular weight excluding hydrogens is 404 g/mol. The smallest absolute Gasteiger partial charge is 0.341 e. The maximum Gasteiger partial charge on any atom is 0.341 e. The molecule has 4 atom stereocenters. The minimum Gasteiger partial charge on any atom is -0.423 e. The highest BCUT2D eigenvalue weighted by Crippen LogP contribution is 2.36. The third-order valence-corrected chi connectivity index (χ3v) is 5.31. The summed E-state index contributed by atoms with van der Waals surface area (Å²) < 4.78 is 21.2. The van der Waals surface area contributed by atoms with E-state index in [4.69, 9.17) is 14.2 Å². The number of nitrogens with zero attached hydrogens (tertiary/aromatic N) is 6. The predicted octanol–water partition coefficient (Wildman–Crippen LogP) is 0.677. The number of aromatic nitrogens is 6. The van der Waals surface area contributed by atoms with Crippen LogP contribution in [0.1, 0.15) is 13.0 Å².